The van der Waals surface area contributed by atoms with Gasteiger partial charge < -0.3 is 9.64 Å². The summed E-state index contributed by atoms with van der Waals surface area (Å²) in [5.74, 6) is 0.714. The number of rotatable bonds is 4. The Morgan fingerprint density at radius 1 is 1.15 bits per heavy atom. The van der Waals surface area contributed by atoms with Crippen LogP contribution in [0.2, 0.25) is 0 Å². The average Bonchev–Trinajstić information content (AvgIpc) is 2.69. The normalized spacial score (nSPS) is 13.3. The van der Waals surface area contributed by atoms with Crippen LogP contribution in [0.5, 0.6) is 5.75 Å². The minimum atomic E-state index is -0.133. The van der Waals surface area contributed by atoms with Gasteiger partial charge in [0, 0.05) is 31.4 Å². The number of benzene rings is 1. The predicted octanol–water partition coefficient (Wildman–Crippen LogP) is 2.26. The van der Waals surface area contributed by atoms with Gasteiger partial charge in [-0.2, -0.15) is 5.10 Å². The highest BCUT2D eigenvalue weighted by Gasteiger charge is 2.17. The largest absolute Gasteiger partial charge is 0.497 e. The molecule has 0 saturated heterocycles. The molecule has 0 amide bonds. The van der Waals surface area contributed by atoms with Crippen molar-refractivity contribution in [2.75, 3.05) is 18.6 Å². The van der Waals surface area contributed by atoms with Crippen molar-refractivity contribution < 1.29 is 4.74 Å². The predicted molar refractivity (Wildman–Crippen MR) is 99.6 cm³/mol. The van der Waals surface area contributed by atoms with E-state index >= 15 is 0 Å². The van der Waals surface area contributed by atoms with Crippen LogP contribution in [-0.4, -0.2) is 28.4 Å². The highest BCUT2D eigenvalue weighted by atomic mass is 16.5. The topological polar surface area (TPSA) is 60.2 Å². The molecule has 132 valence electrons. The molecule has 6 nitrogen and oxygen atoms in total. The Morgan fingerprint density at radius 2 is 2.00 bits per heavy atom. The molecule has 2 aromatic heterocycles. The molecule has 0 fully saturated rings. The zero-order chi connectivity index (χ0) is 17.9. The lowest BCUT2D eigenvalue weighted by molar-refractivity contribution is 0.413. The molecule has 0 radical (unpaired) electrons. The fourth-order valence-corrected chi connectivity index (χ4v) is 3.25. The molecule has 0 unspecified atom stereocenters. The van der Waals surface area contributed by atoms with Crippen LogP contribution in [0.25, 0.3) is 0 Å². The number of hydrogen-bond donors (Lipinski definition) is 0. The van der Waals surface area contributed by atoms with Crippen molar-refractivity contribution >= 4 is 5.69 Å². The van der Waals surface area contributed by atoms with E-state index in [1.165, 1.54) is 15.8 Å². The van der Waals surface area contributed by atoms with Crippen molar-refractivity contribution in [3.8, 4) is 5.75 Å². The molecule has 0 aliphatic carbocycles. The van der Waals surface area contributed by atoms with Crippen LogP contribution in [0.4, 0.5) is 5.69 Å². The van der Waals surface area contributed by atoms with E-state index in [4.69, 9.17) is 4.74 Å². The van der Waals surface area contributed by atoms with Crippen molar-refractivity contribution in [1.29, 1.82) is 0 Å². The molecule has 0 N–H and O–H groups in total. The maximum atomic E-state index is 12.5. The standard InChI is InChI=1S/C20H20N4O2/c1-26-19-6-8-21-17(10-19)14-24-20(25)11-18(12-22-24)23-9-7-15-4-2-3-5-16(15)13-23/h2-6,8,10-12H,7,9,13-14H2,1H3. The number of aromatic nitrogens is 3. The molecular weight excluding hydrogens is 328 g/mol. The Balaban J connectivity index is 1.54. The molecular formula is C20H20N4O2. The van der Waals surface area contributed by atoms with Gasteiger partial charge in [-0.25, -0.2) is 4.68 Å². The van der Waals surface area contributed by atoms with E-state index in [1.807, 2.05) is 6.07 Å². The first-order chi connectivity index (χ1) is 12.7. The van der Waals surface area contributed by atoms with E-state index in [-0.39, 0.29) is 5.56 Å². The van der Waals surface area contributed by atoms with Gasteiger partial charge in [0.25, 0.3) is 5.56 Å². The molecule has 6 heteroatoms. The molecule has 0 atom stereocenters. The second kappa shape index (κ2) is 7.00. The second-order valence-electron chi connectivity index (χ2n) is 6.34. The van der Waals surface area contributed by atoms with E-state index in [0.717, 1.165) is 30.9 Å². The van der Waals surface area contributed by atoms with E-state index in [1.54, 1.807) is 31.6 Å². The number of methoxy groups -OCH3 is 1. The third-order valence-corrected chi connectivity index (χ3v) is 4.69. The van der Waals surface area contributed by atoms with Crippen molar-refractivity contribution in [3.05, 3.63) is 82.0 Å². The summed E-state index contributed by atoms with van der Waals surface area (Å²) in [5, 5.41) is 4.34. The monoisotopic (exact) mass is 348 g/mol. The Morgan fingerprint density at radius 3 is 2.81 bits per heavy atom. The molecule has 0 spiro atoms. The molecule has 0 saturated carbocycles. The minimum absolute atomic E-state index is 0.133. The summed E-state index contributed by atoms with van der Waals surface area (Å²) in [7, 11) is 1.61. The van der Waals surface area contributed by atoms with Gasteiger partial charge >= 0.3 is 0 Å². The lowest BCUT2D eigenvalue weighted by Crippen LogP contribution is -2.32. The van der Waals surface area contributed by atoms with Crippen molar-refractivity contribution in [1.82, 2.24) is 14.8 Å². The first-order valence-corrected chi connectivity index (χ1v) is 8.61. The van der Waals surface area contributed by atoms with Crippen LogP contribution in [0, 0.1) is 0 Å². The van der Waals surface area contributed by atoms with Crippen LogP contribution in [0.15, 0.2) is 59.7 Å². The first-order valence-electron chi connectivity index (χ1n) is 8.61. The van der Waals surface area contributed by atoms with Crippen LogP contribution < -0.4 is 15.2 Å². The minimum Gasteiger partial charge on any atom is -0.497 e. The number of ether oxygens (including phenoxy) is 1. The number of fused-ring (bicyclic) bond motifs is 1. The van der Waals surface area contributed by atoms with Crippen LogP contribution in [0.3, 0.4) is 0 Å². The summed E-state index contributed by atoms with van der Waals surface area (Å²) in [6.45, 7) is 2.01. The van der Waals surface area contributed by atoms with Gasteiger partial charge in [0.1, 0.15) is 5.75 Å². The second-order valence-corrected chi connectivity index (χ2v) is 6.34. The lowest BCUT2D eigenvalue weighted by atomic mass is 10.00. The molecule has 26 heavy (non-hydrogen) atoms. The SMILES string of the molecule is COc1ccnc(Cn2ncc(N3CCc4ccccc4C3)cc2=O)c1. The van der Waals surface area contributed by atoms with E-state index in [2.05, 4.69) is 39.2 Å². The Labute approximate surface area is 151 Å². The van der Waals surface area contributed by atoms with E-state index in [9.17, 15) is 4.79 Å². The van der Waals surface area contributed by atoms with E-state index in [0.29, 0.717) is 12.3 Å². The lowest BCUT2D eigenvalue weighted by Gasteiger charge is -2.30. The zero-order valence-electron chi connectivity index (χ0n) is 14.6. The molecule has 4 rings (SSSR count). The maximum absolute atomic E-state index is 12.5. The highest BCUT2D eigenvalue weighted by Crippen LogP contribution is 2.22. The highest BCUT2D eigenvalue weighted by molar-refractivity contribution is 5.47. The van der Waals surface area contributed by atoms with Gasteiger partial charge in [-0.3, -0.25) is 9.78 Å². The molecule has 3 heterocycles. The molecule has 0 bridgehead atoms. The number of nitrogens with zero attached hydrogens (tertiary/aromatic N) is 4. The van der Waals surface area contributed by atoms with Gasteiger partial charge in [-0.15, -0.1) is 0 Å². The molecule has 3 aromatic rings. The number of hydrogen-bond acceptors (Lipinski definition) is 5. The van der Waals surface area contributed by atoms with Crippen molar-refractivity contribution in [2.24, 2.45) is 0 Å². The summed E-state index contributed by atoms with van der Waals surface area (Å²) in [6.07, 6.45) is 4.40. The average molecular weight is 348 g/mol. The summed E-state index contributed by atoms with van der Waals surface area (Å²) in [4.78, 5) is 19.0. The zero-order valence-corrected chi connectivity index (χ0v) is 14.6. The quantitative estimate of drug-likeness (QED) is 0.724. The number of anilines is 1. The van der Waals surface area contributed by atoms with Crippen LogP contribution >= 0.6 is 0 Å². The smallest absolute Gasteiger partial charge is 0.269 e. The van der Waals surface area contributed by atoms with Crippen molar-refractivity contribution in [3.63, 3.8) is 0 Å². The van der Waals surface area contributed by atoms with Crippen molar-refractivity contribution in [2.45, 2.75) is 19.5 Å². The van der Waals surface area contributed by atoms with Crippen LogP contribution in [-0.2, 0) is 19.5 Å². The fraction of sp³-hybridized carbons (Fsp3) is 0.250. The summed E-state index contributed by atoms with van der Waals surface area (Å²) < 4.78 is 6.62. The Kier molecular flexibility index (Phi) is 4.39. The van der Waals surface area contributed by atoms with Gasteiger partial charge in [0.2, 0.25) is 0 Å². The summed E-state index contributed by atoms with van der Waals surface area (Å²) in [5.41, 5.74) is 4.15. The van der Waals surface area contributed by atoms with E-state index < -0.39 is 0 Å². The molecule has 1 aliphatic rings. The first kappa shape index (κ1) is 16.3. The molecule has 1 aromatic carbocycles. The third kappa shape index (κ3) is 3.31. The van der Waals surface area contributed by atoms with Gasteiger partial charge in [0.05, 0.1) is 31.2 Å². The summed E-state index contributed by atoms with van der Waals surface area (Å²) >= 11 is 0. The summed E-state index contributed by atoms with van der Waals surface area (Å²) in [6, 6.07) is 13.7. The van der Waals surface area contributed by atoms with Gasteiger partial charge in [-0.05, 0) is 23.6 Å². The Bertz CT molecular complexity index is 983. The maximum Gasteiger partial charge on any atom is 0.269 e. The Hall–Kier alpha value is -3.15. The number of pyridine rings is 1. The van der Waals surface area contributed by atoms with Crippen LogP contribution in [0.1, 0.15) is 16.8 Å². The van der Waals surface area contributed by atoms with Gasteiger partial charge in [-0.1, -0.05) is 24.3 Å². The van der Waals surface area contributed by atoms with Gasteiger partial charge in [0.15, 0.2) is 0 Å². The fourth-order valence-electron chi connectivity index (χ4n) is 3.25. The molecule has 1 aliphatic heterocycles. The third-order valence-electron chi connectivity index (χ3n) is 4.69.